The maximum absolute atomic E-state index is 12.8. The number of hydroxylamine groups is 2. The van der Waals surface area contributed by atoms with Gasteiger partial charge in [-0.2, -0.15) is 5.06 Å². The van der Waals surface area contributed by atoms with Gasteiger partial charge in [0.05, 0.1) is 25.2 Å². The number of benzene rings is 2. The van der Waals surface area contributed by atoms with Gasteiger partial charge < -0.3 is 15.1 Å². The summed E-state index contributed by atoms with van der Waals surface area (Å²) in [6, 6.07) is 12.8. The van der Waals surface area contributed by atoms with Crippen LogP contribution in [0.4, 0.5) is 0 Å². The smallest absolute Gasteiger partial charge is 0.323 e. The molecule has 0 fully saturated rings. The zero-order valence-corrected chi connectivity index (χ0v) is 20.2. The minimum absolute atomic E-state index is 0.227. The number of carboxylic acid groups (broad SMARTS) is 1. The first-order chi connectivity index (χ1) is 16.5. The molecule has 0 saturated carbocycles. The summed E-state index contributed by atoms with van der Waals surface area (Å²) in [5, 5.41) is 25.2. The molecule has 2 aliphatic rings. The topological polar surface area (TPSA) is 99.1 Å². The van der Waals surface area contributed by atoms with E-state index in [0.29, 0.717) is 18.6 Å². The van der Waals surface area contributed by atoms with Crippen LogP contribution in [0.2, 0.25) is 0 Å². The number of nitrogens with one attached hydrogen (secondary N) is 1. The van der Waals surface area contributed by atoms with E-state index in [1.807, 2.05) is 30.3 Å². The summed E-state index contributed by atoms with van der Waals surface area (Å²) in [7, 11) is 0. The highest BCUT2D eigenvalue weighted by atomic mass is 32.2. The predicted molar refractivity (Wildman–Crippen MR) is 130 cm³/mol. The standard InChI is InChI=1S/C26H32N2O5S/c1-2-33-26(31)21(12-11-17-7-4-3-5-8-17)27-24-16-34-23-14-19-10-6-9-18(19)13-20(23)22(28(24)32)15-25(29)30/h3-5,7-8,13-14,21-22,24,27,32H,2,6,9-12,15-16H2,1H3,(H,29,30)/t21?,22?,24-/m1/s1. The molecule has 0 aromatic heterocycles. The van der Waals surface area contributed by atoms with Crippen LogP contribution in [0.3, 0.4) is 0 Å². The summed E-state index contributed by atoms with van der Waals surface area (Å²) in [4.78, 5) is 25.5. The second-order valence-corrected chi connectivity index (χ2v) is 9.89. The fourth-order valence-corrected chi connectivity index (χ4v) is 5.98. The molecule has 0 bridgehead atoms. The van der Waals surface area contributed by atoms with Gasteiger partial charge in [0, 0.05) is 10.6 Å². The fraction of sp³-hybridized carbons (Fsp3) is 0.462. The number of carboxylic acids is 1. The summed E-state index contributed by atoms with van der Waals surface area (Å²) >= 11 is 1.59. The van der Waals surface area contributed by atoms with E-state index in [2.05, 4.69) is 17.4 Å². The second kappa shape index (κ2) is 11.4. The molecule has 0 radical (unpaired) electrons. The molecule has 182 valence electrons. The number of carbonyl (C=O) groups excluding carboxylic acids is 1. The molecule has 1 aliphatic carbocycles. The van der Waals surface area contributed by atoms with Crippen molar-refractivity contribution in [2.75, 3.05) is 12.4 Å². The molecule has 1 heterocycles. The number of thioether (sulfide) groups is 1. The van der Waals surface area contributed by atoms with E-state index in [-0.39, 0.29) is 19.0 Å². The number of fused-ring (bicyclic) bond motifs is 2. The zero-order valence-electron chi connectivity index (χ0n) is 19.4. The lowest BCUT2D eigenvalue weighted by molar-refractivity contribution is -0.178. The van der Waals surface area contributed by atoms with Crippen molar-refractivity contribution in [1.29, 1.82) is 0 Å². The molecule has 1 aliphatic heterocycles. The predicted octanol–water partition coefficient (Wildman–Crippen LogP) is 3.97. The van der Waals surface area contributed by atoms with Gasteiger partial charge in [-0.1, -0.05) is 36.4 Å². The highest BCUT2D eigenvalue weighted by Gasteiger charge is 2.36. The van der Waals surface area contributed by atoms with Crippen LogP contribution in [0.5, 0.6) is 0 Å². The average molecular weight is 485 g/mol. The maximum Gasteiger partial charge on any atom is 0.323 e. The molecule has 0 spiro atoms. The van der Waals surface area contributed by atoms with Gasteiger partial charge in [0.1, 0.15) is 6.04 Å². The number of aliphatic carboxylic acids is 1. The van der Waals surface area contributed by atoms with Crippen molar-refractivity contribution in [2.45, 2.75) is 68.6 Å². The highest BCUT2D eigenvalue weighted by molar-refractivity contribution is 7.99. The minimum atomic E-state index is -0.979. The van der Waals surface area contributed by atoms with Crippen molar-refractivity contribution in [1.82, 2.24) is 10.4 Å². The molecular formula is C26H32N2O5S. The van der Waals surface area contributed by atoms with E-state index < -0.39 is 24.2 Å². The van der Waals surface area contributed by atoms with E-state index >= 15 is 0 Å². The van der Waals surface area contributed by atoms with Crippen LogP contribution in [0.1, 0.15) is 54.5 Å². The van der Waals surface area contributed by atoms with Crippen molar-refractivity contribution >= 4 is 23.7 Å². The number of nitrogens with zero attached hydrogens (tertiary/aromatic N) is 1. The molecule has 2 aromatic rings. The number of aryl methyl sites for hydroxylation is 3. The monoisotopic (exact) mass is 484 g/mol. The fourth-order valence-electron chi connectivity index (χ4n) is 4.80. The van der Waals surface area contributed by atoms with Gasteiger partial charge >= 0.3 is 11.9 Å². The third kappa shape index (κ3) is 5.81. The van der Waals surface area contributed by atoms with Crippen LogP contribution in [0.25, 0.3) is 0 Å². The Morgan fingerprint density at radius 3 is 2.65 bits per heavy atom. The van der Waals surface area contributed by atoms with Gasteiger partial charge in [0.25, 0.3) is 0 Å². The number of rotatable bonds is 9. The number of hydrogen-bond acceptors (Lipinski definition) is 7. The Balaban J connectivity index is 1.56. The Bertz CT molecular complexity index is 1020. The molecule has 3 atom stereocenters. The molecule has 4 rings (SSSR count). The van der Waals surface area contributed by atoms with E-state index in [9.17, 15) is 19.9 Å². The van der Waals surface area contributed by atoms with E-state index in [1.165, 1.54) is 11.1 Å². The summed E-state index contributed by atoms with van der Waals surface area (Å²) in [6.07, 6.45) is 3.45. The Kier molecular flexibility index (Phi) is 8.26. The van der Waals surface area contributed by atoms with Crippen molar-refractivity contribution < 1.29 is 24.6 Å². The number of carbonyl (C=O) groups is 2. The molecule has 34 heavy (non-hydrogen) atoms. The van der Waals surface area contributed by atoms with Crippen LogP contribution in [-0.4, -0.2) is 51.9 Å². The average Bonchev–Trinajstić information content (AvgIpc) is 3.25. The first-order valence-electron chi connectivity index (χ1n) is 11.9. The van der Waals surface area contributed by atoms with Crippen molar-refractivity contribution in [2.24, 2.45) is 0 Å². The number of esters is 1. The largest absolute Gasteiger partial charge is 0.481 e. The molecule has 2 aromatic carbocycles. The van der Waals surface area contributed by atoms with Crippen LogP contribution in [0, 0.1) is 0 Å². The Hall–Kier alpha value is -2.39. The molecule has 7 nitrogen and oxygen atoms in total. The second-order valence-electron chi connectivity index (χ2n) is 8.83. The first kappa shape index (κ1) is 24.7. The molecular weight excluding hydrogens is 452 g/mol. The van der Waals surface area contributed by atoms with Gasteiger partial charge in [0.2, 0.25) is 0 Å². The third-order valence-corrected chi connectivity index (χ3v) is 7.66. The lowest BCUT2D eigenvalue weighted by Crippen LogP contribution is -2.53. The summed E-state index contributed by atoms with van der Waals surface area (Å²) in [6.45, 7) is 2.04. The summed E-state index contributed by atoms with van der Waals surface area (Å²) < 4.78 is 5.30. The number of hydrogen-bond donors (Lipinski definition) is 3. The Labute approximate surface area is 204 Å². The molecule has 3 N–H and O–H groups in total. The van der Waals surface area contributed by atoms with Crippen LogP contribution >= 0.6 is 11.8 Å². The normalized spacial score (nSPS) is 20.8. The van der Waals surface area contributed by atoms with Gasteiger partial charge in [0.15, 0.2) is 0 Å². The maximum atomic E-state index is 12.8. The SMILES string of the molecule is CCOC(=O)C(CCc1ccccc1)N[C@H]1CSc2cc3c(cc2C(CC(=O)O)N1O)CCC3. The number of ether oxygens (including phenoxy) is 1. The molecule has 0 saturated heterocycles. The minimum Gasteiger partial charge on any atom is -0.481 e. The van der Waals surface area contributed by atoms with Crippen molar-refractivity contribution in [3.8, 4) is 0 Å². The highest BCUT2D eigenvalue weighted by Crippen LogP contribution is 2.40. The summed E-state index contributed by atoms with van der Waals surface area (Å²) in [5.41, 5.74) is 4.50. The molecule has 2 unspecified atom stereocenters. The zero-order chi connectivity index (χ0) is 24.1. The van der Waals surface area contributed by atoms with Gasteiger partial charge in [-0.3, -0.25) is 14.9 Å². The van der Waals surface area contributed by atoms with Gasteiger partial charge in [-0.25, -0.2) is 0 Å². The van der Waals surface area contributed by atoms with Crippen LogP contribution in [0.15, 0.2) is 47.4 Å². The van der Waals surface area contributed by atoms with E-state index in [0.717, 1.165) is 40.3 Å². The van der Waals surface area contributed by atoms with Gasteiger partial charge in [-0.05, 0) is 67.3 Å². The molecule has 8 heteroatoms. The van der Waals surface area contributed by atoms with Crippen molar-refractivity contribution in [3.05, 3.63) is 64.7 Å². The first-order valence-corrected chi connectivity index (χ1v) is 12.9. The quantitative estimate of drug-likeness (QED) is 0.460. The summed E-state index contributed by atoms with van der Waals surface area (Å²) in [5.74, 6) is -0.876. The Morgan fingerprint density at radius 1 is 1.21 bits per heavy atom. The van der Waals surface area contributed by atoms with Crippen LogP contribution < -0.4 is 5.32 Å². The van der Waals surface area contributed by atoms with Gasteiger partial charge in [-0.15, -0.1) is 11.8 Å². The third-order valence-electron chi connectivity index (χ3n) is 6.52. The lowest BCUT2D eigenvalue weighted by Gasteiger charge is -2.33. The Morgan fingerprint density at radius 2 is 1.94 bits per heavy atom. The van der Waals surface area contributed by atoms with E-state index in [1.54, 1.807) is 18.7 Å². The lowest BCUT2D eigenvalue weighted by atomic mass is 9.98. The molecule has 0 amide bonds. The van der Waals surface area contributed by atoms with E-state index in [4.69, 9.17) is 4.74 Å². The van der Waals surface area contributed by atoms with Crippen molar-refractivity contribution in [3.63, 3.8) is 0 Å². The van der Waals surface area contributed by atoms with Crippen LogP contribution in [-0.2, 0) is 33.6 Å².